The van der Waals surface area contributed by atoms with Crippen molar-refractivity contribution >= 4 is 35.0 Å². The number of aromatic nitrogens is 1. The van der Waals surface area contributed by atoms with E-state index in [0.29, 0.717) is 78.4 Å². The Morgan fingerprint density at radius 1 is 0.966 bits per heavy atom. The maximum Gasteiger partial charge on any atom is 0.234 e. The Kier molecular flexibility index (Phi) is 11.6. The Bertz CT molecular complexity index is 2250. The third-order valence-corrected chi connectivity index (χ3v) is 12.7. The molecule has 1 unspecified atom stereocenters. The Morgan fingerprint density at radius 3 is 2.55 bits per heavy atom. The minimum atomic E-state index is -1.06. The maximum atomic E-state index is 14.2. The van der Waals surface area contributed by atoms with E-state index >= 15 is 0 Å². The fourth-order valence-electron chi connectivity index (χ4n) is 8.76. The first-order valence-electron chi connectivity index (χ1n) is 20.0. The number of hydrogen-bond donors (Lipinski definition) is 1. The topological polar surface area (TPSA) is 117 Å². The van der Waals surface area contributed by atoms with E-state index in [1.807, 2.05) is 36.4 Å². The number of imide groups is 1. The van der Waals surface area contributed by atoms with Gasteiger partial charge in [-0.1, -0.05) is 53.5 Å². The summed E-state index contributed by atoms with van der Waals surface area (Å²) >= 11 is 14.0. The van der Waals surface area contributed by atoms with Gasteiger partial charge in [0.1, 0.15) is 41.7 Å². The van der Waals surface area contributed by atoms with Gasteiger partial charge in [0, 0.05) is 74.3 Å². The fraction of sp³-hybridized carbons (Fsp3) is 0.422. The number of carbonyl (C=O) groups is 2. The van der Waals surface area contributed by atoms with Crippen molar-refractivity contribution in [2.75, 3.05) is 39.3 Å². The molecule has 58 heavy (non-hydrogen) atoms. The molecule has 3 saturated heterocycles. The largest absolute Gasteiger partial charge is 0.492 e. The molecule has 1 N–H and O–H groups in total. The summed E-state index contributed by atoms with van der Waals surface area (Å²) in [5.74, 6) is 1.23. The Balaban J connectivity index is 0.984. The Labute approximate surface area is 348 Å². The first-order valence-corrected chi connectivity index (χ1v) is 20.7. The van der Waals surface area contributed by atoms with E-state index in [0.717, 1.165) is 72.3 Å². The predicted molar refractivity (Wildman–Crippen MR) is 219 cm³/mol. The van der Waals surface area contributed by atoms with Crippen LogP contribution in [0.15, 0.2) is 67.0 Å². The lowest BCUT2D eigenvalue weighted by Crippen LogP contribution is -2.40. The van der Waals surface area contributed by atoms with Gasteiger partial charge in [-0.25, -0.2) is 4.39 Å². The molecule has 1 aromatic heterocycles. The van der Waals surface area contributed by atoms with Crippen molar-refractivity contribution in [2.45, 2.75) is 76.8 Å². The average molecular weight is 827 g/mol. The molecule has 2 atom stereocenters. The zero-order valence-corrected chi connectivity index (χ0v) is 34.0. The molecule has 4 aromatic rings. The van der Waals surface area contributed by atoms with Gasteiger partial charge in [-0.2, -0.15) is 5.26 Å². The zero-order valence-electron chi connectivity index (χ0n) is 32.5. The molecule has 0 bridgehead atoms. The van der Waals surface area contributed by atoms with Crippen LogP contribution in [-0.4, -0.2) is 71.6 Å². The number of halogens is 3. The van der Waals surface area contributed by atoms with Gasteiger partial charge in [0.2, 0.25) is 11.8 Å². The number of nitrogens with zero attached hydrogens (tertiary/aromatic N) is 4. The van der Waals surface area contributed by atoms with E-state index in [-0.39, 0.29) is 30.9 Å². The van der Waals surface area contributed by atoms with Crippen molar-refractivity contribution in [3.63, 3.8) is 0 Å². The number of carbonyl (C=O) groups excluding carboxylic acids is 2. The second-order valence-corrected chi connectivity index (χ2v) is 17.0. The third-order valence-electron chi connectivity index (χ3n) is 12.0. The summed E-state index contributed by atoms with van der Waals surface area (Å²) in [5.41, 5.74) is 4.34. The SMILES string of the molecule is CC1(F)CCN(CCCOc2cccc(-c3cccc4c3CC[C@@H]4Oc3cc(OCc4cncc(C#N)c4)c(CN4CCC5(CC(=O)NC5=O)C4)cc3Cl)c2Cl)CC1. The summed E-state index contributed by atoms with van der Waals surface area (Å²) in [4.78, 5) is 33.4. The van der Waals surface area contributed by atoms with Crippen molar-refractivity contribution < 1.29 is 28.2 Å². The molecular weight excluding hydrogens is 780 g/mol. The molecule has 4 aliphatic rings. The Morgan fingerprint density at radius 2 is 1.76 bits per heavy atom. The molecule has 4 heterocycles. The molecule has 10 nitrogen and oxygen atoms in total. The highest BCUT2D eigenvalue weighted by atomic mass is 35.5. The highest BCUT2D eigenvalue weighted by molar-refractivity contribution is 6.35. The van der Waals surface area contributed by atoms with Crippen LogP contribution in [0.4, 0.5) is 4.39 Å². The monoisotopic (exact) mass is 825 g/mol. The summed E-state index contributed by atoms with van der Waals surface area (Å²) in [5, 5.41) is 12.9. The molecule has 0 radical (unpaired) electrons. The highest BCUT2D eigenvalue weighted by Crippen LogP contribution is 2.46. The van der Waals surface area contributed by atoms with Crippen molar-refractivity contribution in [2.24, 2.45) is 5.41 Å². The van der Waals surface area contributed by atoms with Crippen molar-refractivity contribution in [1.29, 1.82) is 5.26 Å². The summed E-state index contributed by atoms with van der Waals surface area (Å²) < 4.78 is 33.5. The normalized spacial score (nSPS) is 21.5. The summed E-state index contributed by atoms with van der Waals surface area (Å²) in [6.45, 7) is 6.31. The molecule has 3 fully saturated rings. The summed E-state index contributed by atoms with van der Waals surface area (Å²) in [6.07, 6.45) is 7.14. The molecule has 3 aliphatic heterocycles. The maximum absolute atomic E-state index is 14.2. The van der Waals surface area contributed by atoms with Crippen LogP contribution in [-0.2, 0) is 29.2 Å². The van der Waals surface area contributed by atoms with E-state index in [4.69, 9.17) is 37.4 Å². The number of piperidine rings is 1. The van der Waals surface area contributed by atoms with Crippen LogP contribution in [0.5, 0.6) is 17.2 Å². The minimum Gasteiger partial charge on any atom is -0.492 e. The second kappa shape index (κ2) is 16.9. The quantitative estimate of drug-likeness (QED) is 0.105. The predicted octanol–water partition coefficient (Wildman–Crippen LogP) is 8.40. The number of nitriles is 1. The average Bonchev–Trinajstić information content (AvgIpc) is 3.90. The lowest BCUT2D eigenvalue weighted by atomic mass is 9.85. The zero-order chi connectivity index (χ0) is 40.4. The van der Waals surface area contributed by atoms with Gasteiger partial charge >= 0.3 is 0 Å². The lowest BCUT2D eigenvalue weighted by molar-refractivity contribution is -0.128. The van der Waals surface area contributed by atoms with Crippen LogP contribution in [0.1, 0.15) is 79.4 Å². The summed E-state index contributed by atoms with van der Waals surface area (Å²) in [6, 6.07) is 19.6. The van der Waals surface area contributed by atoms with E-state index < -0.39 is 11.1 Å². The second-order valence-electron chi connectivity index (χ2n) is 16.3. The van der Waals surface area contributed by atoms with Crippen LogP contribution < -0.4 is 19.5 Å². The van der Waals surface area contributed by atoms with E-state index in [2.05, 4.69) is 38.3 Å². The number of alkyl halides is 1. The van der Waals surface area contributed by atoms with Crippen LogP contribution in [0.2, 0.25) is 10.0 Å². The lowest BCUT2D eigenvalue weighted by Gasteiger charge is -2.34. The van der Waals surface area contributed by atoms with Gasteiger partial charge in [0.25, 0.3) is 0 Å². The smallest absolute Gasteiger partial charge is 0.234 e. The molecule has 3 aromatic carbocycles. The van der Waals surface area contributed by atoms with Gasteiger partial charge in [0.15, 0.2) is 0 Å². The van der Waals surface area contributed by atoms with Crippen LogP contribution >= 0.6 is 23.2 Å². The molecule has 8 rings (SSSR count). The number of nitrogens with one attached hydrogen (secondary N) is 1. The van der Waals surface area contributed by atoms with Crippen molar-refractivity contribution in [1.82, 2.24) is 20.1 Å². The molecule has 1 spiro atoms. The van der Waals surface area contributed by atoms with Crippen LogP contribution in [0.3, 0.4) is 0 Å². The van der Waals surface area contributed by atoms with E-state index in [1.54, 1.807) is 19.2 Å². The van der Waals surface area contributed by atoms with E-state index in [1.165, 1.54) is 6.20 Å². The number of amides is 2. The molecule has 302 valence electrons. The standard InChI is InChI=1S/C45H46Cl2FN5O5/c1-44(48)11-15-52(16-12-44)14-4-18-56-38-8-3-7-35(42(38)47)32-5-2-6-34-33(32)9-10-37(34)58-40-21-39(57-27-30-19-29(23-49)24-50-25-30)31(20-36(40)46)26-53-17-13-45(28-53)22-41(54)51-43(45)55/h2-3,5-8,19-21,24-25,37H,4,9-18,22,26-28H2,1H3,(H,51,54,55)/t37-,45?/m0/s1. The van der Waals surface area contributed by atoms with Gasteiger partial charge < -0.3 is 19.1 Å². The molecule has 0 saturated carbocycles. The van der Waals surface area contributed by atoms with Gasteiger partial charge in [-0.3, -0.25) is 24.8 Å². The number of ether oxygens (including phenoxy) is 3. The molecular formula is C45H46Cl2FN5O5. The number of hydrogen-bond acceptors (Lipinski definition) is 9. The first-order chi connectivity index (χ1) is 28.0. The first kappa shape index (κ1) is 40.1. The number of benzene rings is 3. The van der Waals surface area contributed by atoms with Gasteiger partial charge in [0.05, 0.1) is 27.6 Å². The summed E-state index contributed by atoms with van der Waals surface area (Å²) in [7, 11) is 0. The third kappa shape index (κ3) is 8.67. The Hall–Kier alpha value is -4.73. The number of rotatable bonds is 13. The number of pyridine rings is 1. The molecule has 2 amide bonds. The van der Waals surface area contributed by atoms with Gasteiger partial charge in [-0.05, 0) is 86.9 Å². The van der Waals surface area contributed by atoms with Gasteiger partial charge in [-0.15, -0.1) is 0 Å². The van der Waals surface area contributed by atoms with Crippen LogP contribution in [0, 0.1) is 16.7 Å². The van der Waals surface area contributed by atoms with Crippen LogP contribution in [0.25, 0.3) is 11.1 Å². The number of likely N-dealkylation sites (tertiary alicyclic amines) is 2. The molecule has 13 heteroatoms. The molecule has 1 aliphatic carbocycles. The highest BCUT2D eigenvalue weighted by Gasteiger charge is 2.50. The minimum absolute atomic E-state index is 0.162. The van der Waals surface area contributed by atoms with Crippen molar-refractivity contribution in [3.8, 4) is 34.4 Å². The van der Waals surface area contributed by atoms with Crippen molar-refractivity contribution in [3.05, 3.63) is 105 Å². The van der Waals surface area contributed by atoms with E-state index in [9.17, 15) is 19.2 Å². The fourth-order valence-corrected chi connectivity index (χ4v) is 9.27. The number of fused-ring (bicyclic) bond motifs is 1.